The molecule has 0 aliphatic heterocycles. The molecule has 2 N–H and O–H groups in total. The molecule has 0 radical (unpaired) electrons. The lowest BCUT2D eigenvalue weighted by Gasteiger charge is -2.30. The lowest BCUT2D eigenvalue weighted by atomic mass is 9.92. The third-order valence-corrected chi connectivity index (χ3v) is 6.15. The minimum absolute atomic E-state index is 0.0137. The number of benzene rings is 1. The summed E-state index contributed by atoms with van der Waals surface area (Å²) < 4.78 is 1.76. The van der Waals surface area contributed by atoms with Crippen LogP contribution in [-0.2, 0) is 10.2 Å². The normalized spacial score (nSPS) is 14.9. The molecule has 0 atom stereocenters. The molecule has 1 aliphatic carbocycles. The Morgan fingerprint density at radius 2 is 1.76 bits per heavy atom. The molecule has 0 unspecified atom stereocenters. The van der Waals surface area contributed by atoms with Crippen LogP contribution in [0.1, 0.15) is 78.0 Å². The molecule has 1 aromatic heterocycles. The van der Waals surface area contributed by atoms with E-state index >= 15 is 0 Å². The standard InChI is InChI=1S/C26H39N5O2/c1-18(2)30(25(33)27-20-10-8-7-9-11-20)17-24(32)28-23-16-22(26(4,5)6)29-31(23)21-14-12-19(3)13-15-21/h12-16,18,20H,7-11,17H2,1-6H3,(H,27,33)(H,28,32). The molecule has 0 saturated heterocycles. The number of rotatable bonds is 6. The zero-order valence-corrected chi connectivity index (χ0v) is 20.9. The van der Waals surface area contributed by atoms with Crippen LogP contribution in [0.4, 0.5) is 10.6 Å². The molecular weight excluding hydrogens is 414 g/mol. The lowest BCUT2D eigenvalue weighted by molar-refractivity contribution is -0.117. The van der Waals surface area contributed by atoms with E-state index in [1.807, 2.05) is 51.1 Å². The van der Waals surface area contributed by atoms with E-state index in [9.17, 15) is 9.59 Å². The molecule has 1 saturated carbocycles. The van der Waals surface area contributed by atoms with Gasteiger partial charge in [-0.1, -0.05) is 57.7 Å². The Balaban J connectivity index is 1.76. The largest absolute Gasteiger partial charge is 0.335 e. The van der Waals surface area contributed by atoms with Gasteiger partial charge in [0.15, 0.2) is 0 Å². The molecular formula is C26H39N5O2. The number of amides is 3. The molecule has 7 heteroatoms. The molecule has 2 aromatic rings. The number of nitrogens with one attached hydrogen (secondary N) is 2. The van der Waals surface area contributed by atoms with Crippen molar-refractivity contribution >= 4 is 17.8 Å². The summed E-state index contributed by atoms with van der Waals surface area (Å²) in [5.74, 6) is 0.362. The number of carbonyl (C=O) groups is 2. The Bertz CT molecular complexity index is 950. The minimum atomic E-state index is -0.240. The van der Waals surface area contributed by atoms with Gasteiger partial charge in [0.25, 0.3) is 0 Å². The van der Waals surface area contributed by atoms with Crippen molar-refractivity contribution in [2.45, 2.75) is 91.1 Å². The van der Waals surface area contributed by atoms with Crippen LogP contribution in [0.5, 0.6) is 0 Å². The van der Waals surface area contributed by atoms with E-state index in [1.54, 1.807) is 9.58 Å². The minimum Gasteiger partial charge on any atom is -0.335 e. The van der Waals surface area contributed by atoms with Gasteiger partial charge in [0, 0.05) is 23.6 Å². The Morgan fingerprint density at radius 3 is 2.33 bits per heavy atom. The molecule has 1 aliphatic rings. The second kappa shape index (κ2) is 10.4. The fraction of sp³-hybridized carbons (Fsp3) is 0.577. The number of hydrogen-bond acceptors (Lipinski definition) is 3. The van der Waals surface area contributed by atoms with Gasteiger partial charge < -0.3 is 15.5 Å². The van der Waals surface area contributed by atoms with E-state index in [0.717, 1.165) is 42.6 Å². The average molecular weight is 454 g/mol. The van der Waals surface area contributed by atoms with Crippen LogP contribution in [0, 0.1) is 6.92 Å². The van der Waals surface area contributed by atoms with Crippen molar-refractivity contribution in [1.29, 1.82) is 0 Å². The summed E-state index contributed by atoms with van der Waals surface area (Å²) in [6.07, 6.45) is 5.54. The SMILES string of the molecule is Cc1ccc(-n2nc(C(C)(C)C)cc2NC(=O)CN(C(=O)NC2CCCCC2)C(C)C)cc1. The predicted molar refractivity (Wildman–Crippen MR) is 133 cm³/mol. The van der Waals surface area contributed by atoms with Crippen molar-refractivity contribution in [3.63, 3.8) is 0 Å². The first-order valence-electron chi connectivity index (χ1n) is 12.1. The first kappa shape index (κ1) is 24.8. The van der Waals surface area contributed by atoms with Crippen LogP contribution in [0.25, 0.3) is 5.69 Å². The van der Waals surface area contributed by atoms with Crippen molar-refractivity contribution in [3.05, 3.63) is 41.6 Å². The summed E-state index contributed by atoms with van der Waals surface area (Å²) in [7, 11) is 0. The first-order chi connectivity index (χ1) is 15.5. The Kier molecular flexibility index (Phi) is 7.82. The van der Waals surface area contributed by atoms with E-state index in [-0.39, 0.29) is 36.0 Å². The average Bonchev–Trinajstić information content (AvgIpc) is 3.17. The number of anilines is 1. The van der Waals surface area contributed by atoms with Gasteiger partial charge in [-0.25, -0.2) is 9.48 Å². The Labute approximate surface area is 197 Å². The van der Waals surface area contributed by atoms with Crippen LogP contribution >= 0.6 is 0 Å². The van der Waals surface area contributed by atoms with E-state index in [2.05, 4.69) is 31.4 Å². The summed E-state index contributed by atoms with van der Waals surface area (Å²) in [5, 5.41) is 10.9. The molecule has 0 spiro atoms. The molecule has 1 fully saturated rings. The quantitative estimate of drug-likeness (QED) is 0.633. The predicted octanol–water partition coefficient (Wildman–Crippen LogP) is 5.17. The molecule has 0 bridgehead atoms. The Morgan fingerprint density at radius 1 is 1.12 bits per heavy atom. The van der Waals surface area contributed by atoms with Crippen LogP contribution in [0.15, 0.2) is 30.3 Å². The highest BCUT2D eigenvalue weighted by molar-refractivity contribution is 5.94. The number of hydrogen-bond donors (Lipinski definition) is 2. The second-order valence-electron chi connectivity index (χ2n) is 10.5. The summed E-state index contributed by atoms with van der Waals surface area (Å²) in [6.45, 7) is 12.2. The number of urea groups is 1. The number of aromatic nitrogens is 2. The van der Waals surface area contributed by atoms with Crippen LogP contribution in [0.2, 0.25) is 0 Å². The number of carbonyl (C=O) groups excluding carboxylic acids is 2. The zero-order chi connectivity index (χ0) is 24.2. The van der Waals surface area contributed by atoms with E-state index < -0.39 is 0 Å². The highest BCUT2D eigenvalue weighted by atomic mass is 16.2. The van der Waals surface area contributed by atoms with Crippen molar-refractivity contribution in [2.75, 3.05) is 11.9 Å². The number of nitrogens with zero attached hydrogens (tertiary/aromatic N) is 3. The van der Waals surface area contributed by atoms with Crippen LogP contribution < -0.4 is 10.6 Å². The van der Waals surface area contributed by atoms with E-state index in [1.165, 1.54) is 6.42 Å². The van der Waals surface area contributed by atoms with Gasteiger partial charge in [-0.15, -0.1) is 0 Å². The first-order valence-corrected chi connectivity index (χ1v) is 12.1. The highest BCUT2D eigenvalue weighted by Gasteiger charge is 2.25. The van der Waals surface area contributed by atoms with Gasteiger partial charge in [-0.05, 0) is 45.7 Å². The molecule has 180 valence electrons. The summed E-state index contributed by atoms with van der Waals surface area (Å²) in [4.78, 5) is 27.6. The molecule has 3 rings (SSSR count). The Hall–Kier alpha value is -2.83. The smallest absolute Gasteiger partial charge is 0.318 e. The maximum absolute atomic E-state index is 13.0. The van der Waals surface area contributed by atoms with Gasteiger partial charge in [0.05, 0.1) is 11.4 Å². The van der Waals surface area contributed by atoms with Crippen molar-refractivity contribution in [2.24, 2.45) is 0 Å². The highest BCUT2D eigenvalue weighted by Crippen LogP contribution is 2.26. The maximum atomic E-state index is 13.0. The molecule has 1 heterocycles. The zero-order valence-electron chi connectivity index (χ0n) is 20.9. The van der Waals surface area contributed by atoms with Gasteiger partial charge in [0.2, 0.25) is 5.91 Å². The maximum Gasteiger partial charge on any atom is 0.318 e. The molecule has 33 heavy (non-hydrogen) atoms. The van der Waals surface area contributed by atoms with Crippen molar-refractivity contribution in [1.82, 2.24) is 20.0 Å². The second-order valence-corrected chi connectivity index (χ2v) is 10.5. The summed E-state index contributed by atoms with van der Waals surface area (Å²) in [6, 6.07) is 9.88. The number of aryl methyl sites for hydroxylation is 1. The summed E-state index contributed by atoms with van der Waals surface area (Å²) in [5.41, 5.74) is 2.75. The van der Waals surface area contributed by atoms with Gasteiger partial charge in [-0.3, -0.25) is 4.79 Å². The third-order valence-electron chi connectivity index (χ3n) is 6.15. The van der Waals surface area contributed by atoms with E-state index in [0.29, 0.717) is 5.82 Å². The van der Waals surface area contributed by atoms with Crippen LogP contribution in [0.3, 0.4) is 0 Å². The third kappa shape index (κ3) is 6.59. The van der Waals surface area contributed by atoms with E-state index in [4.69, 9.17) is 5.10 Å². The van der Waals surface area contributed by atoms with Gasteiger partial charge in [-0.2, -0.15) is 5.10 Å². The fourth-order valence-electron chi connectivity index (χ4n) is 4.05. The van der Waals surface area contributed by atoms with Crippen molar-refractivity contribution < 1.29 is 9.59 Å². The molecule has 1 aromatic carbocycles. The summed E-state index contributed by atoms with van der Waals surface area (Å²) >= 11 is 0. The van der Waals surface area contributed by atoms with Crippen LogP contribution in [-0.4, -0.2) is 45.2 Å². The molecule has 3 amide bonds. The monoisotopic (exact) mass is 453 g/mol. The topological polar surface area (TPSA) is 79.3 Å². The molecule has 7 nitrogen and oxygen atoms in total. The van der Waals surface area contributed by atoms with Gasteiger partial charge in [0.1, 0.15) is 12.4 Å². The fourth-order valence-corrected chi connectivity index (χ4v) is 4.05. The lowest BCUT2D eigenvalue weighted by Crippen LogP contribution is -2.50. The van der Waals surface area contributed by atoms with Gasteiger partial charge >= 0.3 is 6.03 Å². The van der Waals surface area contributed by atoms with Crippen molar-refractivity contribution in [3.8, 4) is 5.69 Å².